The first-order valence-corrected chi connectivity index (χ1v) is 8.46. The van der Waals surface area contributed by atoms with E-state index in [0.29, 0.717) is 12.5 Å². The molecule has 2 aromatic carbocycles. The quantitative estimate of drug-likeness (QED) is 0.920. The highest BCUT2D eigenvalue weighted by Gasteiger charge is 2.31. The third-order valence-corrected chi connectivity index (χ3v) is 4.64. The zero-order valence-corrected chi connectivity index (χ0v) is 14.0. The summed E-state index contributed by atoms with van der Waals surface area (Å²) in [4.78, 5) is 14.4. The molecule has 2 N–H and O–H groups in total. The predicted molar refractivity (Wildman–Crippen MR) is 95.7 cm³/mol. The third kappa shape index (κ3) is 3.60. The molecule has 24 heavy (non-hydrogen) atoms. The average molecular weight is 324 g/mol. The van der Waals surface area contributed by atoms with E-state index < -0.39 is 0 Å². The molecule has 2 unspecified atom stereocenters. The van der Waals surface area contributed by atoms with Gasteiger partial charge in [-0.2, -0.15) is 0 Å². The maximum absolute atomic E-state index is 12.5. The molecular formula is C20H24N2O2. The summed E-state index contributed by atoms with van der Waals surface area (Å²) < 4.78 is 5.86. The van der Waals surface area contributed by atoms with Gasteiger partial charge in [0, 0.05) is 18.2 Å². The van der Waals surface area contributed by atoms with E-state index in [0.717, 1.165) is 29.8 Å². The van der Waals surface area contributed by atoms with Crippen LogP contribution in [-0.2, 0) is 4.79 Å². The Morgan fingerprint density at radius 2 is 1.88 bits per heavy atom. The second-order valence-corrected chi connectivity index (χ2v) is 6.38. The lowest BCUT2D eigenvalue weighted by Gasteiger charge is -2.22. The van der Waals surface area contributed by atoms with Crippen molar-refractivity contribution >= 4 is 5.91 Å². The second-order valence-electron chi connectivity index (χ2n) is 6.38. The Balaban J connectivity index is 1.68. The van der Waals surface area contributed by atoms with Gasteiger partial charge in [0.05, 0.1) is 0 Å². The second kappa shape index (κ2) is 7.49. The first-order valence-electron chi connectivity index (χ1n) is 8.46. The normalized spacial score (nSPS) is 20.2. The lowest BCUT2D eigenvalue weighted by molar-refractivity contribution is -0.134. The van der Waals surface area contributed by atoms with E-state index in [9.17, 15) is 4.79 Å². The maximum atomic E-state index is 12.5. The maximum Gasteiger partial charge on any atom is 0.260 e. The van der Waals surface area contributed by atoms with Crippen LogP contribution in [0.4, 0.5) is 0 Å². The standard InChI is InChI=1S/C20H24N2O2/c1-15-11-16(12-21)13-22(15)20(23)14-24-19-10-6-5-9-18(19)17-7-3-2-4-8-17/h2-10,15-16H,11-14,21H2,1H3. The molecule has 0 radical (unpaired) electrons. The summed E-state index contributed by atoms with van der Waals surface area (Å²) in [5, 5.41) is 0. The molecule has 4 nitrogen and oxygen atoms in total. The van der Waals surface area contributed by atoms with Crippen molar-refractivity contribution in [2.75, 3.05) is 19.7 Å². The molecule has 0 saturated carbocycles. The molecule has 4 heteroatoms. The topological polar surface area (TPSA) is 55.6 Å². The van der Waals surface area contributed by atoms with Gasteiger partial charge in [0.15, 0.2) is 6.61 Å². The van der Waals surface area contributed by atoms with Crippen molar-refractivity contribution in [3.63, 3.8) is 0 Å². The summed E-state index contributed by atoms with van der Waals surface area (Å²) in [5.41, 5.74) is 7.82. The number of carbonyl (C=O) groups excluding carboxylic acids is 1. The van der Waals surface area contributed by atoms with Crippen molar-refractivity contribution < 1.29 is 9.53 Å². The minimum absolute atomic E-state index is 0.0290. The van der Waals surface area contributed by atoms with Crippen LogP contribution < -0.4 is 10.5 Å². The number of ether oxygens (including phenoxy) is 1. The molecule has 0 spiro atoms. The van der Waals surface area contributed by atoms with Gasteiger partial charge < -0.3 is 15.4 Å². The fourth-order valence-corrected chi connectivity index (χ4v) is 3.33. The van der Waals surface area contributed by atoms with Gasteiger partial charge in [-0.25, -0.2) is 0 Å². The summed E-state index contributed by atoms with van der Waals surface area (Å²) in [5.74, 6) is 1.17. The van der Waals surface area contributed by atoms with Crippen molar-refractivity contribution in [2.24, 2.45) is 11.7 Å². The number of nitrogens with zero attached hydrogens (tertiary/aromatic N) is 1. The molecule has 1 aliphatic rings. The number of para-hydroxylation sites is 1. The van der Waals surface area contributed by atoms with Gasteiger partial charge in [0.2, 0.25) is 0 Å². The molecule has 1 heterocycles. The average Bonchev–Trinajstić information content (AvgIpc) is 3.02. The van der Waals surface area contributed by atoms with Crippen LogP contribution >= 0.6 is 0 Å². The Morgan fingerprint density at radius 3 is 2.58 bits per heavy atom. The van der Waals surface area contributed by atoms with Gasteiger partial charge >= 0.3 is 0 Å². The summed E-state index contributed by atoms with van der Waals surface area (Å²) in [6, 6.07) is 18.1. The first-order chi connectivity index (χ1) is 11.7. The van der Waals surface area contributed by atoms with Crippen molar-refractivity contribution in [3.05, 3.63) is 54.6 Å². The highest BCUT2D eigenvalue weighted by Crippen LogP contribution is 2.30. The van der Waals surface area contributed by atoms with Gasteiger partial charge in [-0.15, -0.1) is 0 Å². The fourth-order valence-electron chi connectivity index (χ4n) is 3.33. The number of amides is 1. The number of likely N-dealkylation sites (tertiary alicyclic amines) is 1. The summed E-state index contributed by atoms with van der Waals surface area (Å²) >= 11 is 0. The summed E-state index contributed by atoms with van der Waals surface area (Å²) in [7, 11) is 0. The molecule has 1 saturated heterocycles. The van der Waals surface area contributed by atoms with Crippen LogP contribution in [0.1, 0.15) is 13.3 Å². The smallest absolute Gasteiger partial charge is 0.260 e. The zero-order chi connectivity index (χ0) is 16.9. The Labute approximate surface area is 143 Å². The number of hydrogen-bond donors (Lipinski definition) is 1. The van der Waals surface area contributed by atoms with E-state index >= 15 is 0 Å². The van der Waals surface area contributed by atoms with E-state index in [1.165, 1.54) is 0 Å². The van der Waals surface area contributed by atoms with E-state index in [1.54, 1.807) is 0 Å². The number of benzene rings is 2. The largest absolute Gasteiger partial charge is 0.483 e. The van der Waals surface area contributed by atoms with Crippen LogP contribution in [0.15, 0.2) is 54.6 Å². The number of rotatable bonds is 5. The minimum atomic E-state index is 0.0290. The molecule has 126 valence electrons. The van der Waals surface area contributed by atoms with Gasteiger partial charge in [-0.05, 0) is 37.4 Å². The van der Waals surface area contributed by atoms with Crippen molar-refractivity contribution in [1.82, 2.24) is 4.90 Å². The van der Waals surface area contributed by atoms with Crippen molar-refractivity contribution in [3.8, 4) is 16.9 Å². The molecule has 0 bridgehead atoms. The fraction of sp³-hybridized carbons (Fsp3) is 0.350. The molecule has 0 aromatic heterocycles. The Morgan fingerprint density at radius 1 is 1.17 bits per heavy atom. The molecule has 1 fully saturated rings. The number of hydrogen-bond acceptors (Lipinski definition) is 3. The van der Waals surface area contributed by atoms with Gasteiger partial charge in [-0.1, -0.05) is 48.5 Å². The number of carbonyl (C=O) groups is 1. The lowest BCUT2D eigenvalue weighted by atomic mass is 10.1. The molecule has 3 rings (SSSR count). The van der Waals surface area contributed by atoms with Crippen molar-refractivity contribution in [1.29, 1.82) is 0 Å². The Hall–Kier alpha value is -2.33. The highest BCUT2D eigenvalue weighted by atomic mass is 16.5. The number of nitrogens with two attached hydrogens (primary N) is 1. The van der Waals surface area contributed by atoms with Gasteiger partial charge in [-0.3, -0.25) is 4.79 Å². The first kappa shape index (κ1) is 16.5. The van der Waals surface area contributed by atoms with Crippen LogP contribution in [0.5, 0.6) is 5.75 Å². The molecule has 1 amide bonds. The van der Waals surface area contributed by atoms with Crippen LogP contribution in [0.3, 0.4) is 0 Å². The predicted octanol–water partition coefficient (Wildman–Crippen LogP) is 2.93. The SMILES string of the molecule is CC1CC(CN)CN1C(=O)COc1ccccc1-c1ccccc1. The van der Waals surface area contributed by atoms with Crippen LogP contribution in [0.25, 0.3) is 11.1 Å². The monoisotopic (exact) mass is 324 g/mol. The van der Waals surface area contributed by atoms with Gasteiger partial charge in [0.1, 0.15) is 5.75 Å². The minimum Gasteiger partial charge on any atom is -0.483 e. The Bertz CT molecular complexity index is 687. The molecule has 2 aromatic rings. The van der Waals surface area contributed by atoms with E-state index in [2.05, 4.69) is 6.92 Å². The van der Waals surface area contributed by atoms with Gasteiger partial charge in [0.25, 0.3) is 5.91 Å². The molecule has 2 atom stereocenters. The molecular weight excluding hydrogens is 300 g/mol. The van der Waals surface area contributed by atoms with Crippen molar-refractivity contribution in [2.45, 2.75) is 19.4 Å². The highest BCUT2D eigenvalue weighted by molar-refractivity contribution is 5.79. The summed E-state index contributed by atoms with van der Waals surface area (Å²) in [6.07, 6.45) is 0.975. The van der Waals surface area contributed by atoms with E-state index in [4.69, 9.17) is 10.5 Å². The van der Waals surface area contributed by atoms with E-state index in [-0.39, 0.29) is 18.6 Å². The molecule has 0 aliphatic carbocycles. The third-order valence-electron chi connectivity index (χ3n) is 4.64. The zero-order valence-electron chi connectivity index (χ0n) is 14.0. The van der Waals surface area contributed by atoms with Crippen LogP contribution in [0.2, 0.25) is 0 Å². The summed E-state index contributed by atoms with van der Waals surface area (Å²) in [6.45, 7) is 3.50. The van der Waals surface area contributed by atoms with Crippen LogP contribution in [0, 0.1) is 5.92 Å². The lowest BCUT2D eigenvalue weighted by Crippen LogP contribution is -2.37. The van der Waals surface area contributed by atoms with Crippen LogP contribution in [-0.4, -0.2) is 36.5 Å². The van der Waals surface area contributed by atoms with E-state index in [1.807, 2.05) is 59.5 Å². The Kier molecular flexibility index (Phi) is 5.16. The molecule has 1 aliphatic heterocycles.